The van der Waals surface area contributed by atoms with E-state index in [1.165, 1.54) is 0 Å². The van der Waals surface area contributed by atoms with Crippen molar-refractivity contribution < 1.29 is 4.79 Å². The summed E-state index contributed by atoms with van der Waals surface area (Å²) in [6.45, 7) is 0. The Morgan fingerprint density at radius 2 is 2.35 bits per heavy atom. The second-order valence-corrected chi connectivity index (χ2v) is 4.09. The summed E-state index contributed by atoms with van der Waals surface area (Å²) in [5, 5.41) is 10.9. The summed E-state index contributed by atoms with van der Waals surface area (Å²) >= 11 is 3.10. The van der Waals surface area contributed by atoms with Crippen molar-refractivity contribution in [2.75, 3.05) is 10.6 Å². The molecule has 0 radical (unpaired) electrons. The molecule has 0 aliphatic rings. The Bertz CT molecular complexity index is 538. The molecule has 0 aliphatic heterocycles. The molecule has 5 nitrogen and oxygen atoms in total. The quantitative estimate of drug-likeness (QED) is 0.879. The molecule has 1 heterocycles. The number of rotatable bonds is 3. The normalized spacial score (nSPS) is 10.2. The summed E-state index contributed by atoms with van der Waals surface area (Å²) in [5.74, 6) is 0.681. The lowest BCUT2D eigenvalue weighted by Gasteiger charge is -2.05. The lowest BCUT2D eigenvalue weighted by atomic mass is 10.2. The van der Waals surface area contributed by atoms with Crippen molar-refractivity contribution in [3.63, 3.8) is 0 Å². The molecule has 6 heteroatoms. The number of benzene rings is 1. The minimum atomic E-state index is -0.0832. The standard InChI is InChI=1S/C11H11BrN4O/c1-16-7-13-15-11(16)8-3-2-4-9(5-8)14-10(17)6-12/h2-5,7H,6H2,1H3,(H,14,17). The molecule has 0 atom stereocenters. The average molecular weight is 295 g/mol. The summed E-state index contributed by atoms with van der Waals surface area (Å²) in [4.78, 5) is 11.3. The molecular weight excluding hydrogens is 284 g/mol. The van der Waals surface area contributed by atoms with Gasteiger partial charge in [-0.25, -0.2) is 0 Å². The third-order valence-corrected chi connectivity index (χ3v) is 2.75. The van der Waals surface area contributed by atoms with Gasteiger partial charge in [0.1, 0.15) is 6.33 Å². The maximum atomic E-state index is 11.3. The molecule has 0 saturated heterocycles. The number of carbonyl (C=O) groups excluding carboxylic acids is 1. The van der Waals surface area contributed by atoms with E-state index >= 15 is 0 Å². The van der Waals surface area contributed by atoms with Gasteiger partial charge in [-0.15, -0.1) is 10.2 Å². The zero-order chi connectivity index (χ0) is 12.3. The van der Waals surface area contributed by atoms with E-state index in [-0.39, 0.29) is 11.2 Å². The fraction of sp³-hybridized carbons (Fsp3) is 0.182. The van der Waals surface area contributed by atoms with E-state index in [4.69, 9.17) is 0 Å². The van der Waals surface area contributed by atoms with Gasteiger partial charge in [-0.05, 0) is 12.1 Å². The SMILES string of the molecule is Cn1cnnc1-c1cccc(NC(=O)CBr)c1. The van der Waals surface area contributed by atoms with Gasteiger partial charge in [0.2, 0.25) is 5.91 Å². The summed E-state index contributed by atoms with van der Waals surface area (Å²) in [7, 11) is 1.87. The number of amides is 1. The van der Waals surface area contributed by atoms with Crippen LogP contribution < -0.4 is 5.32 Å². The second-order valence-electron chi connectivity index (χ2n) is 3.53. The maximum Gasteiger partial charge on any atom is 0.235 e. The van der Waals surface area contributed by atoms with Crippen LogP contribution in [0.2, 0.25) is 0 Å². The Morgan fingerprint density at radius 3 is 3.00 bits per heavy atom. The van der Waals surface area contributed by atoms with Gasteiger partial charge in [0.05, 0.1) is 5.33 Å². The molecule has 88 valence electrons. The maximum absolute atomic E-state index is 11.3. The molecule has 2 aromatic rings. The zero-order valence-electron chi connectivity index (χ0n) is 9.22. The lowest BCUT2D eigenvalue weighted by molar-refractivity contribution is -0.113. The smallest absolute Gasteiger partial charge is 0.235 e. The van der Waals surface area contributed by atoms with E-state index in [2.05, 4.69) is 31.4 Å². The van der Waals surface area contributed by atoms with Crippen LogP contribution in [0.1, 0.15) is 0 Å². The molecule has 0 saturated carbocycles. The molecule has 0 spiro atoms. The van der Waals surface area contributed by atoms with E-state index in [0.29, 0.717) is 0 Å². The van der Waals surface area contributed by atoms with Crippen LogP contribution in [0.4, 0.5) is 5.69 Å². The van der Waals surface area contributed by atoms with E-state index in [1.807, 2.05) is 35.9 Å². The van der Waals surface area contributed by atoms with Crippen LogP contribution in [0.25, 0.3) is 11.4 Å². The molecule has 0 bridgehead atoms. The molecule has 2 rings (SSSR count). The van der Waals surface area contributed by atoms with Crippen molar-refractivity contribution in [3.8, 4) is 11.4 Å². The second kappa shape index (κ2) is 5.09. The predicted molar refractivity (Wildman–Crippen MR) is 68.9 cm³/mol. The van der Waals surface area contributed by atoms with Crippen molar-refractivity contribution in [2.24, 2.45) is 7.05 Å². The van der Waals surface area contributed by atoms with Gasteiger partial charge < -0.3 is 9.88 Å². The summed E-state index contributed by atoms with van der Waals surface area (Å²) < 4.78 is 1.82. The van der Waals surface area contributed by atoms with Crippen LogP contribution in [0.15, 0.2) is 30.6 Å². The van der Waals surface area contributed by atoms with Gasteiger partial charge in [-0.1, -0.05) is 28.1 Å². The number of aromatic nitrogens is 3. The Kier molecular flexibility index (Phi) is 3.53. The van der Waals surface area contributed by atoms with Gasteiger partial charge in [-0.2, -0.15) is 0 Å². The molecule has 0 fully saturated rings. The molecule has 1 aromatic carbocycles. The van der Waals surface area contributed by atoms with Crippen LogP contribution in [0, 0.1) is 0 Å². The van der Waals surface area contributed by atoms with Gasteiger partial charge in [0.25, 0.3) is 0 Å². The Hall–Kier alpha value is -1.69. The number of alkyl halides is 1. The van der Waals surface area contributed by atoms with Gasteiger partial charge in [0, 0.05) is 18.3 Å². The minimum absolute atomic E-state index is 0.0832. The Morgan fingerprint density at radius 1 is 1.53 bits per heavy atom. The van der Waals surface area contributed by atoms with Gasteiger partial charge in [0.15, 0.2) is 5.82 Å². The van der Waals surface area contributed by atoms with Gasteiger partial charge in [-0.3, -0.25) is 4.79 Å². The number of halogens is 1. The third-order valence-electron chi connectivity index (χ3n) is 2.24. The molecular formula is C11H11BrN4O. The number of hydrogen-bond donors (Lipinski definition) is 1. The molecule has 0 unspecified atom stereocenters. The van der Waals surface area contributed by atoms with Crippen LogP contribution >= 0.6 is 15.9 Å². The Balaban J connectivity index is 2.29. The van der Waals surface area contributed by atoms with Crippen molar-refractivity contribution in [1.29, 1.82) is 0 Å². The predicted octanol–water partition coefficient (Wildman–Crippen LogP) is 1.82. The summed E-state index contributed by atoms with van der Waals surface area (Å²) in [5.41, 5.74) is 1.66. The average Bonchev–Trinajstić information content (AvgIpc) is 2.75. The molecule has 1 aromatic heterocycles. The van der Waals surface area contributed by atoms with Gasteiger partial charge >= 0.3 is 0 Å². The number of hydrogen-bond acceptors (Lipinski definition) is 3. The number of anilines is 1. The summed E-state index contributed by atoms with van der Waals surface area (Å²) in [6, 6.07) is 7.49. The highest BCUT2D eigenvalue weighted by Gasteiger charge is 2.06. The van der Waals surface area contributed by atoms with Crippen LogP contribution in [0.3, 0.4) is 0 Å². The third kappa shape index (κ3) is 2.71. The van der Waals surface area contributed by atoms with Crippen molar-refractivity contribution >= 4 is 27.5 Å². The highest BCUT2D eigenvalue weighted by atomic mass is 79.9. The van der Waals surface area contributed by atoms with Crippen LogP contribution in [-0.4, -0.2) is 26.0 Å². The van der Waals surface area contributed by atoms with E-state index < -0.39 is 0 Å². The molecule has 0 aliphatic carbocycles. The summed E-state index contributed by atoms with van der Waals surface area (Å²) in [6.07, 6.45) is 1.64. The molecule has 17 heavy (non-hydrogen) atoms. The topological polar surface area (TPSA) is 59.8 Å². The lowest BCUT2D eigenvalue weighted by Crippen LogP contribution is -2.12. The Labute approximate surface area is 107 Å². The first-order chi connectivity index (χ1) is 8.20. The van der Waals surface area contributed by atoms with Crippen molar-refractivity contribution in [3.05, 3.63) is 30.6 Å². The number of nitrogens with zero attached hydrogens (tertiary/aromatic N) is 3. The number of carbonyl (C=O) groups is 1. The first-order valence-electron chi connectivity index (χ1n) is 5.01. The highest BCUT2D eigenvalue weighted by Crippen LogP contribution is 2.19. The minimum Gasteiger partial charge on any atom is -0.325 e. The first-order valence-corrected chi connectivity index (χ1v) is 6.13. The first kappa shape index (κ1) is 11.8. The largest absolute Gasteiger partial charge is 0.325 e. The zero-order valence-corrected chi connectivity index (χ0v) is 10.8. The van der Waals surface area contributed by atoms with Crippen LogP contribution in [-0.2, 0) is 11.8 Å². The monoisotopic (exact) mass is 294 g/mol. The van der Waals surface area contributed by atoms with E-state index in [1.54, 1.807) is 6.33 Å². The van der Waals surface area contributed by atoms with Crippen molar-refractivity contribution in [2.45, 2.75) is 0 Å². The van der Waals surface area contributed by atoms with Crippen molar-refractivity contribution in [1.82, 2.24) is 14.8 Å². The van der Waals surface area contributed by atoms with E-state index in [0.717, 1.165) is 17.1 Å². The fourth-order valence-corrected chi connectivity index (χ4v) is 1.62. The highest BCUT2D eigenvalue weighted by molar-refractivity contribution is 9.09. The van der Waals surface area contributed by atoms with Crippen LogP contribution in [0.5, 0.6) is 0 Å². The molecule has 1 amide bonds. The number of aryl methyl sites for hydroxylation is 1. The fourth-order valence-electron chi connectivity index (χ4n) is 1.48. The van der Waals surface area contributed by atoms with E-state index in [9.17, 15) is 4.79 Å². The molecule has 1 N–H and O–H groups in total. The number of nitrogens with one attached hydrogen (secondary N) is 1.